The zero-order chi connectivity index (χ0) is 15.0. The van der Waals surface area contributed by atoms with Gasteiger partial charge in [-0.2, -0.15) is 0 Å². The number of hydrogen-bond donors (Lipinski definition) is 2. The van der Waals surface area contributed by atoms with E-state index in [1.54, 1.807) is 0 Å². The van der Waals surface area contributed by atoms with Crippen molar-refractivity contribution in [2.45, 2.75) is 46.5 Å². The van der Waals surface area contributed by atoms with E-state index in [1.807, 2.05) is 32.0 Å². The number of carbonyl (C=O) groups excluding carboxylic acids is 2. The molecule has 0 unspecified atom stereocenters. The molecule has 20 heavy (non-hydrogen) atoms. The zero-order valence-corrected chi connectivity index (χ0v) is 12.6. The number of anilines is 1. The molecule has 0 aliphatic heterocycles. The predicted molar refractivity (Wildman–Crippen MR) is 81.7 cm³/mol. The van der Waals surface area contributed by atoms with Crippen molar-refractivity contribution in [2.75, 3.05) is 11.9 Å². The van der Waals surface area contributed by atoms with Gasteiger partial charge in [0.1, 0.15) is 6.42 Å². The SMILES string of the molecule is CCCCCNC(=O)CC(=O)Nc1ccc(C)c(C)c1. The van der Waals surface area contributed by atoms with Crippen LogP contribution in [0.25, 0.3) is 0 Å². The molecule has 0 radical (unpaired) electrons. The molecule has 0 aliphatic rings. The Hall–Kier alpha value is -1.84. The Morgan fingerprint density at radius 2 is 1.80 bits per heavy atom. The molecule has 0 bridgehead atoms. The quantitative estimate of drug-likeness (QED) is 0.594. The number of carbonyl (C=O) groups is 2. The number of hydrogen-bond acceptors (Lipinski definition) is 2. The van der Waals surface area contributed by atoms with Crippen LogP contribution in [0, 0.1) is 13.8 Å². The molecule has 1 rings (SSSR count). The van der Waals surface area contributed by atoms with Gasteiger partial charge in [0.15, 0.2) is 0 Å². The first-order chi connectivity index (χ1) is 9.52. The van der Waals surface area contributed by atoms with Gasteiger partial charge >= 0.3 is 0 Å². The molecule has 4 heteroatoms. The van der Waals surface area contributed by atoms with Crippen molar-refractivity contribution in [3.8, 4) is 0 Å². The van der Waals surface area contributed by atoms with Crippen molar-refractivity contribution in [3.63, 3.8) is 0 Å². The first-order valence-corrected chi connectivity index (χ1v) is 7.16. The second-order valence-corrected chi connectivity index (χ2v) is 5.08. The van der Waals surface area contributed by atoms with Gasteiger partial charge in [-0.15, -0.1) is 0 Å². The minimum atomic E-state index is -0.277. The minimum Gasteiger partial charge on any atom is -0.356 e. The van der Waals surface area contributed by atoms with E-state index in [1.165, 1.54) is 5.56 Å². The van der Waals surface area contributed by atoms with E-state index in [-0.39, 0.29) is 18.2 Å². The summed E-state index contributed by atoms with van der Waals surface area (Å²) in [5.74, 6) is -0.497. The second-order valence-electron chi connectivity index (χ2n) is 5.08. The fourth-order valence-electron chi connectivity index (χ4n) is 1.84. The Morgan fingerprint density at radius 3 is 2.45 bits per heavy atom. The summed E-state index contributed by atoms with van der Waals surface area (Å²) < 4.78 is 0. The van der Waals surface area contributed by atoms with Gasteiger partial charge in [0.2, 0.25) is 11.8 Å². The van der Waals surface area contributed by atoms with Crippen LogP contribution in [0.4, 0.5) is 5.69 Å². The molecule has 1 aromatic carbocycles. The molecule has 2 amide bonds. The maximum Gasteiger partial charge on any atom is 0.233 e. The van der Waals surface area contributed by atoms with E-state index in [2.05, 4.69) is 17.6 Å². The van der Waals surface area contributed by atoms with Crippen molar-refractivity contribution in [1.82, 2.24) is 5.32 Å². The molecule has 4 nitrogen and oxygen atoms in total. The van der Waals surface area contributed by atoms with Crippen LogP contribution in [-0.4, -0.2) is 18.4 Å². The second kappa shape index (κ2) is 8.35. The lowest BCUT2D eigenvalue weighted by atomic mass is 10.1. The number of benzene rings is 1. The molecule has 0 spiro atoms. The topological polar surface area (TPSA) is 58.2 Å². The van der Waals surface area contributed by atoms with Crippen molar-refractivity contribution in [1.29, 1.82) is 0 Å². The van der Waals surface area contributed by atoms with Crippen molar-refractivity contribution in [2.24, 2.45) is 0 Å². The monoisotopic (exact) mass is 276 g/mol. The Bertz CT molecular complexity index is 470. The van der Waals surface area contributed by atoms with E-state index < -0.39 is 0 Å². The van der Waals surface area contributed by atoms with Crippen LogP contribution in [0.1, 0.15) is 43.7 Å². The third-order valence-electron chi connectivity index (χ3n) is 3.21. The Morgan fingerprint density at radius 1 is 1.05 bits per heavy atom. The van der Waals surface area contributed by atoms with E-state index in [9.17, 15) is 9.59 Å². The van der Waals surface area contributed by atoms with Gasteiger partial charge in [-0.1, -0.05) is 25.8 Å². The van der Waals surface area contributed by atoms with Gasteiger partial charge in [0.05, 0.1) is 0 Å². The molecule has 1 aromatic rings. The summed E-state index contributed by atoms with van der Waals surface area (Å²) in [6.45, 7) is 6.76. The largest absolute Gasteiger partial charge is 0.356 e. The highest BCUT2D eigenvalue weighted by atomic mass is 16.2. The molecule has 0 atom stereocenters. The summed E-state index contributed by atoms with van der Waals surface area (Å²) in [6.07, 6.45) is 3.04. The van der Waals surface area contributed by atoms with E-state index in [0.717, 1.165) is 30.5 Å². The molecular weight excluding hydrogens is 252 g/mol. The lowest BCUT2D eigenvalue weighted by Crippen LogP contribution is -2.28. The van der Waals surface area contributed by atoms with Crippen LogP contribution < -0.4 is 10.6 Å². The van der Waals surface area contributed by atoms with Gasteiger partial charge < -0.3 is 10.6 Å². The van der Waals surface area contributed by atoms with Crippen LogP contribution in [0.2, 0.25) is 0 Å². The fraction of sp³-hybridized carbons (Fsp3) is 0.500. The molecule has 0 saturated carbocycles. The lowest BCUT2D eigenvalue weighted by Gasteiger charge is -2.08. The highest BCUT2D eigenvalue weighted by Gasteiger charge is 2.09. The molecule has 0 fully saturated rings. The Balaban J connectivity index is 2.35. The van der Waals surface area contributed by atoms with Crippen LogP contribution in [-0.2, 0) is 9.59 Å². The average Bonchev–Trinajstić information content (AvgIpc) is 2.39. The Labute approximate surface area is 121 Å². The molecule has 110 valence electrons. The van der Waals surface area contributed by atoms with Crippen molar-refractivity contribution < 1.29 is 9.59 Å². The molecule has 0 aliphatic carbocycles. The van der Waals surface area contributed by atoms with E-state index >= 15 is 0 Å². The Kier molecular flexibility index (Phi) is 6.77. The molecule has 0 saturated heterocycles. The van der Waals surface area contributed by atoms with Crippen LogP contribution in [0.5, 0.6) is 0 Å². The van der Waals surface area contributed by atoms with Crippen LogP contribution >= 0.6 is 0 Å². The van der Waals surface area contributed by atoms with E-state index in [4.69, 9.17) is 0 Å². The van der Waals surface area contributed by atoms with Gasteiger partial charge in [-0.25, -0.2) is 0 Å². The van der Waals surface area contributed by atoms with Crippen molar-refractivity contribution in [3.05, 3.63) is 29.3 Å². The third kappa shape index (κ3) is 5.87. The highest BCUT2D eigenvalue weighted by Crippen LogP contribution is 2.14. The van der Waals surface area contributed by atoms with Crippen molar-refractivity contribution >= 4 is 17.5 Å². The summed E-state index contributed by atoms with van der Waals surface area (Å²) in [5, 5.41) is 5.50. The summed E-state index contributed by atoms with van der Waals surface area (Å²) in [6, 6.07) is 5.71. The summed E-state index contributed by atoms with van der Waals surface area (Å²) in [7, 11) is 0. The number of amides is 2. The highest BCUT2D eigenvalue weighted by molar-refractivity contribution is 6.03. The van der Waals surface area contributed by atoms with Gasteiger partial charge in [-0.3, -0.25) is 9.59 Å². The number of aryl methyl sites for hydroxylation is 2. The molecule has 2 N–H and O–H groups in total. The average molecular weight is 276 g/mol. The normalized spacial score (nSPS) is 10.2. The summed E-state index contributed by atoms with van der Waals surface area (Å²) >= 11 is 0. The number of unbranched alkanes of at least 4 members (excludes halogenated alkanes) is 2. The summed E-state index contributed by atoms with van der Waals surface area (Å²) in [5.41, 5.74) is 3.03. The first kappa shape index (κ1) is 16.2. The standard InChI is InChI=1S/C16H24N2O2/c1-4-5-6-9-17-15(19)11-16(20)18-14-8-7-12(2)13(3)10-14/h7-8,10H,4-6,9,11H2,1-3H3,(H,17,19)(H,18,20). The van der Waals surface area contributed by atoms with Gasteiger partial charge in [-0.05, 0) is 43.5 Å². The third-order valence-corrected chi connectivity index (χ3v) is 3.21. The number of rotatable bonds is 7. The molecular formula is C16H24N2O2. The first-order valence-electron chi connectivity index (χ1n) is 7.16. The maximum absolute atomic E-state index is 11.7. The maximum atomic E-state index is 11.7. The van der Waals surface area contributed by atoms with Crippen LogP contribution in [0.15, 0.2) is 18.2 Å². The lowest BCUT2D eigenvalue weighted by molar-refractivity contribution is -0.126. The predicted octanol–water partition coefficient (Wildman–Crippen LogP) is 2.94. The number of nitrogens with one attached hydrogen (secondary N) is 2. The van der Waals surface area contributed by atoms with Gasteiger partial charge in [0.25, 0.3) is 0 Å². The minimum absolute atomic E-state index is 0.126. The zero-order valence-electron chi connectivity index (χ0n) is 12.6. The van der Waals surface area contributed by atoms with E-state index in [0.29, 0.717) is 6.54 Å². The van der Waals surface area contributed by atoms with Gasteiger partial charge in [0, 0.05) is 12.2 Å². The summed E-state index contributed by atoms with van der Waals surface area (Å²) in [4.78, 5) is 23.3. The smallest absolute Gasteiger partial charge is 0.233 e. The molecule has 0 heterocycles. The fourth-order valence-corrected chi connectivity index (χ4v) is 1.84. The molecule has 0 aromatic heterocycles. The van der Waals surface area contributed by atoms with Crippen LogP contribution in [0.3, 0.4) is 0 Å².